The number of anilines is 1. The van der Waals surface area contributed by atoms with Crippen LogP contribution >= 0.6 is 11.3 Å². The molecule has 8 heteroatoms. The van der Waals surface area contributed by atoms with Crippen LogP contribution in [0.2, 0.25) is 0 Å². The van der Waals surface area contributed by atoms with Crippen LogP contribution in [-0.2, 0) is 0 Å². The minimum Gasteiger partial charge on any atom is -0.494 e. The Labute approximate surface area is 173 Å². The van der Waals surface area contributed by atoms with Crippen molar-refractivity contribution in [2.75, 3.05) is 12.0 Å². The molecule has 0 bridgehead atoms. The number of unbranched alkanes of at least 4 members (excludes halogenated alkanes) is 2. The highest BCUT2D eigenvalue weighted by Crippen LogP contribution is 2.27. The van der Waals surface area contributed by atoms with Gasteiger partial charge in [0.1, 0.15) is 5.75 Å². The summed E-state index contributed by atoms with van der Waals surface area (Å²) in [6.07, 6.45) is 5.12. The lowest BCUT2D eigenvalue weighted by molar-refractivity contribution is -0.384. The molecule has 0 aliphatic carbocycles. The topological polar surface area (TPSA) is 89.7 Å². The molecule has 3 aromatic rings. The SMILES string of the molecule is CCCCCOc1ccc(/C=N/Nc2nc(-c3cccc([N+](=O)[O-])c3)cs2)cc1. The molecule has 150 valence electrons. The van der Waals surface area contributed by atoms with Crippen molar-refractivity contribution in [2.45, 2.75) is 26.2 Å². The van der Waals surface area contributed by atoms with E-state index in [0.29, 0.717) is 16.4 Å². The highest BCUT2D eigenvalue weighted by atomic mass is 32.1. The molecule has 2 aromatic carbocycles. The zero-order valence-corrected chi connectivity index (χ0v) is 16.9. The van der Waals surface area contributed by atoms with Crippen molar-refractivity contribution in [2.24, 2.45) is 5.10 Å². The van der Waals surface area contributed by atoms with Gasteiger partial charge in [0.25, 0.3) is 5.69 Å². The van der Waals surface area contributed by atoms with E-state index in [2.05, 4.69) is 22.4 Å². The Morgan fingerprint density at radius 1 is 1.24 bits per heavy atom. The second-order valence-electron chi connectivity index (χ2n) is 6.34. The van der Waals surface area contributed by atoms with Crippen molar-refractivity contribution in [1.29, 1.82) is 0 Å². The monoisotopic (exact) mass is 410 g/mol. The van der Waals surface area contributed by atoms with Gasteiger partial charge >= 0.3 is 0 Å². The van der Waals surface area contributed by atoms with Crippen molar-refractivity contribution >= 4 is 28.4 Å². The van der Waals surface area contributed by atoms with Gasteiger partial charge in [0.05, 0.1) is 23.4 Å². The Morgan fingerprint density at radius 3 is 2.83 bits per heavy atom. The number of hydrogen-bond acceptors (Lipinski definition) is 7. The summed E-state index contributed by atoms with van der Waals surface area (Å²) >= 11 is 1.38. The van der Waals surface area contributed by atoms with Gasteiger partial charge in [0.15, 0.2) is 0 Å². The molecule has 0 fully saturated rings. The number of thiazole rings is 1. The van der Waals surface area contributed by atoms with E-state index in [-0.39, 0.29) is 5.69 Å². The molecule has 1 N–H and O–H groups in total. The predicted molar refractivity (Wildman–Crippen MR) is 117 cm³/mol. The number of ether oxygens (including phenoxy) is 1. The number of non-ortho nitro benzene ring substituents is 1. The summed E-state index contributed by atoms with van der Waals surface area (Å²) in [5.41, 5.74) is 5.24. The lowest BCUT2D eigenvalue weighted by Crippen LogP contribution is -1.97. The molecule has 1 heterocycles. The zero-order chi connectivity index (χ0) is 20.5. The van der Waals surface area contributed by atoms with Crippen LogP contribution in [-0.4, -0.2) is 22.7 Å². The third-order valence-corrected chi connectivity index (χ3v) is 4.87. The molecule has 7 nitrogen and oxygen atoms in total. The molecule has 0 radical (unpaired) electrons. The average Bonchev–Trinajstić information content (AvgIpc) is 3.21. The molecule has 0 saturated carbocycles. The highest BCUT2D eigenvalue weighted by molar-refractivity contribution is 7.14. The fourth-order valence-electron chi connectivity index (χ4n) is 2.59. The number of hydrazone groups is 1. The molecule has 0 amide bonds. The van der Waals surface area contributed by atoms with Crippen LogP contribution in [0.3, 0.4) is 0 Å². The van der Waals surface area contributed by atoms with Gasteiger partial charge in [-0.05, 0) is 36.2 Å². The molecule has 29 heavy (non-hydrogen) atoms. The van der Waals surface area contributed by atoms with Crippen molar-refractivity contribution < 1.29 is 9.66 Å². The first-order valence-electron chi connectivity index (χ1n) is 9.38. The van der Waals surface area contributed by atoms with Gasteiger partial charge in [-0.15, -0.1) is 11.3 Å². The number of nitrogens with one attached hydrogen (secondary N) is 1. The number of nitro groups is 1. The van der Waals surface area contributed by atoms with Crippen molar-refractivity contribution in [3.63, 3.8) is 0 Å². The molecule has 0 aliphatic heterocycles. The maximum atomic E-state index is 10.9. The minimum absolute atomic E-state index is 0.0424. The fraction of sp³-hybridized carbons (Fsp3) is 0.238. The van der Waals surface area contributed by atoms with E-state index in [1.54, 1.807) is 18.3 Å². The summed E-state index contributed by atoms with van der Waals surface area (Å²) in [6.45, 7) is 2.90. The summed E-state index contributed by atoms with van der Waals surface area (Å²) in [4.78, 5) is 14.9. The number of rotatable bonds is 10. The minimum atomic E-state index is -0.416. The van der Waals surface area contributed by atoms with Gasteiger partial charge in [0, 0.05) is 23.1 Å². The van der Waals surface area contributed by atoms with E-state index in [0.717, 1.165) is 24.3 Å². The first-order chi connectivity index (χ1) is 14.2. The zero-order valence-electron chi connectivity index (χ0n) is 16.1. The largest absolute Gasteiger partial charge is 0.494 e. The average molecular weight is 410 g/mol. The smallest absolute Gasteiger partial charge is 0.270 e. The quantitative estimate of drug-likeness (QED) is 0.199. The number of nitrogens with zero attached hydrogens (tertiary/aromatic N) is 3. The van der Waals surface area contributed by atoms with Crippen LogP contribution in [0.4, 0.5) is 10.8 Å². The summed E-state index contributed by atoms with van der Waals surface area (Å²) in [7, 11) is 0. The summed E-state index contributed by atoms with van der Waals surface area (Å²) in [5.74, 6) is 0.854. The van der Waals surface area contributed by atoms with Crippen molar-refractivity contribution in [3.05, 3.63) is 69.6 Å². The molecule has 0 aliphatic rings. The van der Waals surface area contributed by atoms with Gasteiger partial charge in [-0.1, -0.05) is 31.9 Å². The Kier molecular flexibility index (Phi) is 7.29. The Morgan fingerprint density at radius 2 is 2.07 bits per heavy atom. The number of benzene rings is 2. The lowest BCUT2D eigenvalue weighted by Gasteiger charge is -2.05. The molecule has 3 rings (SSSR count). The number of hydrogen-bond donors (Lipinski definition) is 1. The second kappa shape index (κ2) is 10.3. The number of nitro benzene ring substituents is 1. The van der Waals surface area contributed by atoms with E-state index < -0.39 is 4.92 Å². The van der Waals surface area contributed by atoms with E-state index >= 15 is 0 Å². The number of aromatic nitrogens is 1. The highest BCUT2D eigenvalue weighted by Gasteiger charge is 2.09. The van der Waals surface area contributed by atoms with E-state index in [1.165, 1.54) is 36.3 Å². The van der Waals surface area contributed by atoms with E-state index in [1.807, 2.05) is 29.6 Å². The maximum absolute atomic E-state index is 10.9. The Balaban J connectivity index is 1.55. The fourth-order valence-corrected chi connectivity index (χ4v) is 3.26. The standard InChI is InChI=1S/C21H22N4O3S/c1-2-3-4-12-28-19-10-8-16(9-11-19)14-22-24-21-23-20(15-29-21)17-6-5-7-18(13-17)25(26)27/h5-11,13-15H,2-4,12H2,1H3,(H,23,24)/b22-14+. The maximum Gasteiger partial charge on any atom is 0.270 e. The molecule has 0 spiro atoms. The van der Waals surface area contributed by atoms with E-state index in [9.17, 15) is 10.1 Å². The summed E-state index contributed by atoms with van der Waals surface area (Å²) < 4.78 is 5.69. The Hall–Kier alpha value is -3.26. The van der Waals surface area contributed by atoms with Crippen molar-refractivity contribution in [1.82, 2.24) is 4.98 Å². The van der Waals surface area contributed by atoms with Crippen LogP contribution in [0.25, 0.3) is 11.3 Å². The third kappa shape index (κ3) is 6.11. The van der Waals surface area contributed by atoms with E-state index in [4.69, 9.17) is 4.74 Å². The van der Waals surface area contributed by atoms with Gasteiger partial charge in [-0.2, -0.15) is 5.10 Å². The lowest BCUT2D eigenvalue weighted by atomic mass is 10.1. The molecular weight excluding hydrogens is 388 g/mol. The van der Waals surface area contributed by atoms with Crippen LogP contribution in [0.15, 0.2) is 59.0 Å². The van der Waals surface area contributed by atoms with Gasteiger partial charge in [-0.3, -0.25) is 15.5 Å². The summed E-state index contributed by atoms with van der Waals surface area (Å²) in [6, 6.07) is 14.1. The van der Waals surface area contributed by atoms with Crippen LogP contribution in [0.5, 0.6) is 5.75 Å². The van der Waals surface area contributed by atoms with Gasteiger partial charge in [-0.25, -0.2) is 4.98 Å². The first-order valence-corrected chi connectivity index (χ1v) is 10.3. The molecule has 1 aromatic heterocycles. The van der Waals surface area contributed by atoms with Gasteiger partial charge < -0.3 is 4.74 Å². The Bertz CT molecular complexity index is 970. The first kappa shape index (κ1) is 20.5. The second-order valence-corrected chi connectivity index (χ2v) is 7.20. The molecule has 0 atom stereocenters. The molecule has 0 unspecified atom stereocenters. The van der Waals surface area contributed by atoms with Crippen LogP contribution < -0.4 is 10.2 Å². The third-order valence-electron chi connectivity index (χ3n) is 4.13. The normalized spacial score (nSPS) is 10.9. The summed E-state index contributed by atoms with van der Waals surface area (Å²) in [5, 5.41) is 17.6. The van der Waals surface area contributed by atoms with Crippen LogP contribution in [0.1, 0.15) is 31.7 Å². The molecule has 0 saturated heterocycles. The van der Waals surface area contributed by atoms with Crippen LogP contribution in [0, 0.1) is 10.1 Å². The van der Waals surface area contributed by atoms with Crippen molar-refractivity contribution in [3.8, 4) is 17.0 Å². The van der Waals surface area contributed by atoms with Gasteiger partial charge in [0.2, 0.25) is 5.13 Å². The predicted octanol–water partition coefficient (Wildman–Crippen LogP) is 5.73. The molecular formula is C21H22N4O3S.